The molecular weight excluding hydrogens is 437 g/mol. The average Bonchev–Trinajstić information content (AvgIpc) is 2.49. The van der Waals surface area contributed by atoms with Gasteiger partial charge < -0.3 is 10.6 Å². The topological polar surface area (TPSA) is 70.6 Å². The van der Waals surface area contributed by atoms with Gasteiger partial charge in [-0.3, -0.25) is 4.99 Å². The lowest BCUT2D eigenvalue weighted by molar-refractivity contribution is 0.224. The lowest BCUT2D eigenvalue weighted by atomic mass is 9.77. The number of nitrogens with zero attached hydrogens (tertiary/aromatic N) is 1. The summed E-state index contributed by atoms with van der Waals surface area (Å²) in [5.74, 6) is 3.39. The van der Waals surface area contributed by atoms with Crippen molar-refractivity contribution in [1.82, 2.24) is 10.6 Å². The van der Waals surface area contributed by atoms with E-state index in [-0.39, 0.29) is 35.8 Å². The zero-order valence-electron chi connectivity index (χ0n) is 15.8. The van der Waals surface area contributed by atoms with E-state index in [0.29, 0.717) is 6.42 Å². The van der Waals surface area contributed by atoms with Gasteiger partial charge in [-0.15, -0.1) is 24.0 Å². The maximum atomic E-state index is 11.2. The summed E-state index contributed by atoms with van der Waals surface area (Å²) in [5, 5.41) is 6.68. The lowest BCUT2D eigenvalue weighted by Gasteiger charge is -2.31. The van der Waals surface area contributed by atoms with Gasteiger partial charge in [0.2, 0.25) is 0 Å². The summed E-state index contributed by atoms with van der Waals surface area (Å²) in [7, 11) is -1.15. The number of hydrogen-bond donors (Lipinski definition) is 2. The molecule has 1 fully saturated rings. The van der Waals surface area contributed by atoms with Crippen LogP contribution in [0.3, 0.4) is 0 Å². The van der Waals surface area contributed by atoms with Crippen LogP contribution in [-0.4, -0.2) is 46.0 Å². The van der Waals surface area contributed by atoms with Gasteiger partial charge in [-0.2, -0.15) is 0 Å². The van der Waals surface area contributed by atoms with Crippen molar-refractivity contribution in [2.45, 2.75) is 58.9 Å². The molecule has 0 saturated heterocycles. The van der Waals surface area contributed by atoms with E-state index < -0.39 is 9.84 Å². The van der Waals surface area contributed by atoms with Crippen LogP contribution in [0.15, 0.2) is 4.99 Å². The number of sulfone groups is 1. The van der Waals surface area contributed by atoms with Crippen LogP contribution >= 0.6 is 24.0 Å². The first-order valence-electron chi connectivity index (χ1n) is 8.86. The summed E-state index contributed by atoms with van der Waals surface area (Å²) in [6.45, 7) is 7.59. The zero-order chi connectivity index (χ0) is 17.5. The van der Waals surface area contributed by atoms with Crippen LogP contribution in [0.2, 0.25) is 0 Å². The molecule has 7 heteroatoms. The Hall–Kier alpha value is -0.0500. The standard InChI is InChI=1S/C17H35N3O2S.HI/c1-13(2)16-8-6-15(7-9-16)12-19-17(18-4)20-14(3)10-11-23(5,21)22;/h13-16H,6-12H2,1-5H3,(H2,18,19,20);1H. The van der Waals surface area contributed by atoms with Gasteiger partial charge >= 0.3 is 0 Å². The maximum Gasteiger partial charge on any atom is 0.191 e. The second kappa shape index (κ2) is 11.5. The third-order valence-corrected chi connectivity index (χ3v) is 5.90. The summed E-state index contributed by atoms with van der Waals surface area (Å²) >= 11 is 0. The van der Waals surface area contributed by atoms with Crippen molar-refractivity contribution < 1.29 is 8.42 Å². The number of guanidine groups is 1. The molecule has 2 N–H and O–H groups in total. The predicted molar refractivity (Wildman–Crippen MR) is 114 cm³/mol. The molecule has 24 heavy (non-hydrogen) atoms. The molecule has 1 aliphatic rings. The van der Waals surface area contributed by atoms with Crippen molar-refractivity contribution in [3.8, 4) is 0 Å². The minimum atomic E-state index is -2.90. The van der Waals surface area contributed by atoms with Crippen molar-refractivity contribution in [3.63, 3.8) is 0 Å². The molecule has 5 nitrogen and oxygen atoms in total. The van der Waals surface area contributed by atoms with Gasteiger partial charge in [0.25, 0.3) is 0 Å². The van der Waals surface area contributed by atoms with Gasteiger partial charge in [0.15, 0.2) is 5.96 Å². The number of halogens is 1. The van der Waals surface area contributed by atoms with Gasteiger partial charge in [-0.05, 0) is 56.8 Å². The third-order valence-electron chi connectivity index (χ3n) is 4.92. The molecule has 0 heterocycles. The number of nitrogens with one attached hydrogen (secondary N) is 2. The Bertz CT molecular complexity index is 472. The van der Waals surface area contributed by atoms with E-state index in [4.69, 9.17) is 0 Å². The molecular formula is C17H36IN3O2S. The third kappa shape index (κ3) is 10.1. The molecule has 1 unspecified atom stereocenters. The van der Waals surface area contributed by atoms with E-state index in [1.54, 1.807) is 7.05 Å². The van der Waals surface area contributed by atoms with Crippen LogP contribution in [0, 0.1) is 17.8 Å². The maximum absolute atomic E-state index is 11.2. The molecule has 0 aromatic carbocycles. The zero-order valence-corrected chi connectivity index (χ0v) is 19.0. The predicted octanol–water partition coefficient (Wildman–Crippen LogP) is 3.06. The molecule has 1 aliphatic carbocycles. The normalized spacial score (nSPS) is 23.5. The molecule has 0 amide bonds. The minimum Gasteiger partial charge on any atom is -0.356 e. The Kier molecular flexibility index (Phi) is 11.5. The lowest BCUT2D eigenvalue weighted by Crippen LogP contribution is -2.44. The highest BCUT2D eigenvalue weighted by molar-refractivity contribution is 14.0. The quantitative estimate of drug-likeness (QED) is 0.339. The van der Waals surface area contributed by atoms with Gasteiger partial charge in [-0.1, -0.05) is 13.8 Å². The average molecular weight is 473 g/mol. The molecule has 1 saturated carbocycles. The molecule has 0 bridgehead atoms. The Balaban J connectivity index is 0.00000529. The SMILES string of the molecule is CN=C(NCC1CCC(C(C)C)CC1)NC(C)CCS(C)(=O)=O.I. The first-order chi connectivity index (χ1) is 10.7. The van der Waals surface area contributed by atoms with E-state index in [2.05, 4.69) is 29.5 Å². The van der Waals surface area contributed by atoms with Crippen LogP contribution in [0.5, 0.6) is 0 Å². The molecule has 0 aromatic rings. The highest BCUT2D eigenvalue weighted by Gasteiger charge is 2.23. The Morgan fingerprint density at radius 2 is 1.75 bits per heavy atom. The smallest absolute Gasteiger partial charge is 0.191 e. The molecule has 0 spiro atoms. The summed E-state index contributed by atoms with van der Waals surface area (Å²) in [4.78, 5) is 4.25. The largest absolute Gasteiger partial charge is 0.356 e. The summed E-state index contributed by atoms with van der Waals surface area (Å²) in [6, 6.07) is 0.0904. The van der Waals surface area contributed by atoms with Crippen molar-refractivity contribution in [2.75, 3.05) is 25.6 Å². The Morgan fingerprint density at radius 1 is 1.17 bits per heavy atom. The van der Waals surface area contributed by atoms with Crippen LogP contribution in [0.1, 0.15) is 52.9 Å². The summed E-state index contributed by atoms with van der Waals surface area (Å²) in [5.41, 5.74) is 0. The van der Waals surface area contributed by atoms with Crippen molar-refractivity contribution in [2.24, 2.45) is 22.7 Å². The van der Waals surface area contributed by atoms with E-state index in [1.165, 1.54) is 31.9 Å². The molecule has 1 rings (SSSR count). The molecule has 1 atom stereocenters. The fourth-order valence-electron chi connectivity index (χ4n) is 3.19. The van der Waals surface area contributed by atoms with Gasteiger partial charge in [0.05, 0.1) is 5.75 Å². The van der Waals surface area contributed by atoms with Crippen molar-refractivity contribution >= 4 is 39.8 Å². The highest BCUT2D eigenvalue weighted by Crippen LogP contribution is 2.32. The van der Waals surface area contributed by atoms with E-state index in [1.807, 2.05) is 6.92 Å². The fraction of sp³-hybridized carbons (Fsp3) is 0.941. The van der Waals surface area contributed by atoms with Crippen molar-refractivity contribution in [1.29, 1.82) is 0 Å². The molecule has 144 valence electrons. The van der Waals surface area contributed by atoms with Crippen LogP contribution < -0.4 is 10.6 Å². The van der Waals surface area contributed by atoms with Gasteiger partial charge in [0, 0.05) is 25.9 Å². The second-order valence-electron chi connectivity index (χ2n) is 7.44. The van der Waals surface area contributed by atoms with E-state index in [0.717, 1.165) is 30.3 Å². The highest BCUT2D eigenvalue weighted by atomic mass is 127. The number of aliphatic imine (C=N–C) groups is 1. The first kappa shape index (κ1) is 23.9. The second-order valence-corrected chi connectivity index (χ2v) is 9.70. The molecule has 0 aliphatic heterocycles. The number of hydrogen-bond acceptors (Lipinski definition) is 3. The number of rotatable bonds is 7. The van der Waals surface area contributed by atoms with Crippen LogP contribution in [-0.2, 0) is 9.84 Å². The van der Waals surface area contributed by atoms with Crippen molar-refractivity contribution in [3.05, 3.63) is 0 Å². The fourth-order valence-corrected chi connectivity index (χ4v) is 3.97. The first-order valence-corrected chi connectivity index (χ1v) is 10.9. The monoisotopic (exact) mass is 473 g/mol. The molecule has 0 radical (unpaired) electrons. The van der Waals surface area contributed by atoms with Gasteiger partial charge in [-0.25, -0.2) is 8.42 Å². The Labute approximate surface area is 165 Å². The summed E-state index contributed by atoms with van der Waals surface area (Å²) in [6.07, 6.45) is 7.12. The molecule has 0 aromatic heterocycles. The van der Waals surface area contributed by atoms with E-state index >= 15 is 0 Å². The Morgan fingerprint density at radius 3 is 2.21 bits per heavy atom. The van der Waals surface area contributed by atoms with E-state index in [9.17, 15) is 8.42 Å². The van der Waals surface area contributed by atoms with Crippen LogP contribution in [0.25, 0.3) is 0 Å². The summed E-state index contributed by atoms with van der Waals surface area (Å²) < 4.78 is 22.4. The minimum absolute atomic E-state index is 0. The van der Waals surface area contributed by atoms with Crippen LogP contribution in [0.4, 0.5) is 0 Å². The van der Waals surface area contributed by atoms with Gasteiger partial charge in [0.1, 0.15) is 9.84 Å².